The van der Waals surface area contributed by atoms with Gasteiger partial charge in [0.2, 0.25) is 11.8 Å². The molecule has 3 heterocycles. The van der Waals surface area contributed by atoms with Crippen molar-refractivity contribution < 1.29 is 29.3 Å². The second-order valence-corrected chi connectivity index (χ2v) is 9.68. The molecule has 2 saturated heterocycles. The molecule has 9 nitrogen and oxygen atoms in total. The van der Waals surface area contributed by atoms with Crippen molar-refractivity contribution in [3.8, 4) is 11.5 Å². The van der Waals surface area contributed by atoms with Crippen LogP contribution in [-0.2, 0) is 20.8 Å². The Hall–Kier alpha value is -4.63. The predicted octanol–water partition coefficient (Wildman–Crippen LogP) is 3.40. The van der Waals surface area contributed by atoms with Gasteiger partial charge in [0.25, 0.3) is 0 Å². The summed E-state index contributed by atoms with van der Waals surface area (Å²) in [5, 5.41) is 25.7. The topological polar surface area (TPSA) is 132 Å². The van der Waals surface area contributed by atoms with E-state index in [1.54, 1.807) is 54.7 Å². The number of methoxy groups -OCH3 is 1. The van der Waals surface area contributed by atoms with E-state index in [2.05, 4.69) is 10.3 Å². The number of carboxylic acid groups (broad SMARTS) is 1. The van der Waals surface area contributed by atoms with Gasteiger partial charge < -0.3 is 19.9 Å². The number of ether oxygens (including phenoxy) is 1. The van der Waals surface area contributed by atoms with Crippen molar-refractivity contribution in [2.24, 2.45) is 11.8 Å². The fourth-order valence-electron chi connectivity index (χ4n) is 6.07. The van der Waals surface area contributed by atoms with Crippen molar-refractivity contribution in [3.05, 3.63) is 90.1 Å². The zero-order chi connectivity index (χ0) is 26.6. The zero-order valence-corrected chi connectivity index (χ0v) is 20.4. The molecule has 4 aromatic rings. The van der Waals surface area contributed by atoms with E-state index in [9.17, 15) is 24.6 Å². The Morgan fingerprint density at radius 1 is 1.00 bits per heavy atom. The first-order valence-electron chi connectivity index (χ1n) is 12.2. The highest BCUT2D eigenvalue weighted by atomic mass is 16.5. The molecule has 3 aromatic carbocycles. The maximum absolute atomic E-state index is 14.0. The van der Waals surface area contributed by atoms with E-state index >= 15 is 0 Å². The van der Waals surface area contributed by atoms with Gasteiger partial charge in [-0.25, -0.2) is 4.90 Å². The van der Waals surface area contributed by atoms with E-state index in [-0.39, 0.29) is 23.5 Å². The van der Waals surface area contributed by atoms with Crippen LogP contribution in [0, 0.1) is 11.8 Å². The fourth-order valence-corrected chi connectivity index (χ4v) is 6.07. The highest BCUT2D eigenvalue weighted by molar-refractivity contribution is 6.24. The van der Waals surface area contributed by atoms with Gasteiger partial charge in [0.05, 0.1) is 24.6 Å². The number of phenolic OH excluding ortho intramolecular Hbond substituents is 1. The molecule has 4 N–H and O–H groups in total. The third kappa shape index (κ3) is 3.32. The number of rotatable bonds is 6. The zero-order valence-electron chi connectivity index (χ0n) is 20.4. The number of fused-ring (bicyclic) bond motifs is 2. The van der Waals surface area contributed by atoms with Crippen molar-refractivity contribution >= 4 is 34.4 Å². The van der Waals surface area contributed by atoms with Gasteiger partial charge in [-0.3, -0.25) is 19.7 Å². The molecule has 2 amide bonds. The summed E-state index contributed by atoms with van der Waals surface area (Å²) in [5.74, 6) is -4.68. The number of imide groups is 1. The Balaban J connectivity index is 1.54. The van der Waals surface area contributed by atoms with Crippen LogP contribution in [0.3, 0.4) is 0 Å². The molecule has 0 radical (unpaired) electrons. The minimum absolute atomic E-state index is 0.0591. The lowest BCUT2D eigenvalue weighted by molar-refractivity contribution is -0.148. The quantitative estimate of drug-likeness (QED) is 0.292. The molecule has 0 bridgehead atoms. The smallest absolute Gasteiger partial charge is 0.325 e. The number of carbonyl (C=O) groups excluding carboxylic acids is 2. The van der Waals surface area contributed by atoms with Gasteiger partial charge in [-0.05, 0) is 29.8 Å². The Bertz CT molecular complexity index is 1580. The second kappa shape index (κ2) is 8.74. The lowest BCUT2D eigenvalue weighted by Crippen LogP contribution is -2.57. The van der Waals surface area contributed by atoms with Crippen LogP contribution in [0.15, 0.2) is 79.0 Å². The molecule has 2 fully saturated rings. The lowest BCUT2D eigenvalue weighted by atomic mass is 9.76. The van der Waals surface area contributed by atoms with Crippen LogP contribution in [0.1, 0.15) is 17.2 Å². The normalized spacial score (nSPS) is 24.7. The molecular weight excluding hydrogens is 486 g/mol. The molecule has 0 aliphatic carbocycles. The number of H-pyrrole nitrogens is 1. The van der Waals surface area contributed by atoms with Crippen LogP contribution >= 0.6 is 0 Å². The molecule has 2 aliphatic heterocycles. The summed E-state index contributed by atoms with van der Waals surface area (Å²) in [6, 6.07) is 19.9. The number of nitrogens with one attached hydrogen (secondary N) is 2. The molecule has 2 aliphatic rings. The number of carboxylic acids is 1. The van der Waals surface area contributed by atoms with Crippen molar-refractivity contribution in [2.45, 2.75) is 18.0 Å². The van der Waals surface area contributed by atoms with E-state index in [1.165, 1.54) is 7.11 Å². The van der Waals surface area contributed by atoms with Crippen LogP contribution in [0.2, 0.25) is 0 Å². The van der Waals surface area contributed by atoms with Crippen LogP contribution in [0.5, 0.6) is 11.5 Å². The molecule has 0 spiro atoms. The van der Waals surface area contributed by atoms with Gasteiger partial charge >= 0.3 is 5.97 Å². The molecule has 4 atom stereocenters. The van der Waals surface area contributed by atoms with Gasteiger partial charge in [0, 0.05) is 35.1 Å². The average molecular weight is 512 g/mol. The Labute approximate surface area is 217 Å². The lowest BCUT2D eigenvalue weighted by Gasteiger charge is -2.31. The molecule has 38 heavy (non-hydrogen) atoms. The van der Waals surface area contributed by atoms with Gasteiger partial charge in [0.15, 0.2) is 11.5 Å². The van der Waals surface area contributed by atoms with Gasteiger partial charge in [-0.15, -0.1) is 0 Å². The number of phenols is 1. The van der Waals surface area contributed by atoms with E-state index in [0.717, 1.165) is 15.8 Å². The van der Waals surface area contributed by atoms with Crippen molar-refractivity contribution in [2.75, 3.05) is 12.0 Å². The monoisotopic (exact) mass is 511 g/mol. The summed E-state index contributed by atoms with van der Waals surface area (Å²) in [5.41, 5.74) is 0.364. The van der Waals surface area contributed by atoms with Crippen LogP contribution in [-0.4, -0.2) is 45.6 Å². The highest BCUT2D eigenvalue weighted by Crippen LogP contribution is 2.53. The Morgan fingerprint density at radius 2 is 1.74 bits per heavy atom. The number of aromatic hydroxyl groups is 1. The van der Waals surface area contributed by atoms with E-state index in [1.807, 2.05) is 24.3 Å². The van der Waals surface area contributed by atoms with Crippen LogP contribution in [0.4, 0.5) is 5.69 Å². The fraction of sp³-hybridized carbons (Fsp3) is 0.207. The number of anilines is 1. The number of amides is 2. The molecule has 6 rings (SSSR count). The highest BCUT2D eigenvalue weighted by Gasteiger charge is 2.69. The van der Waals surface area contributed by atoms with Crippen molar-refractivity contribution in [1.29, 1.82) is 0 Å². The molecule has 192 valence electrons. The largest absolute Gasteiger partial charge is 0.504 e. The first kappa shape index (κ1) is 23.7. The van der Waals surface area contributed by atoms with Crippen molar-refractivity contribution in [3.63, 3.8) is 0 Å². The first-order valence-corrected chi connectivity index (χ1v) is 12.2. The minimum Gasteiger partial charge on any atom is -0.504 e. The number of benzene rings is 3. The van der Waals surface area contributed by atoms with E-state index in [0.29, 0.717) is 11.3 Å². The molecule has 0 saturated carbocycles. The number of aliphatic carboxylic acids is 1. The summed E-state index contributed by atoms with van der Waals surface area (Å²) < 4.78 is 5.27. The summed E-state index contributed by atoms with van der Waals surface area (Å²) >= 11 is 0. The summed E-state index contributed by atoms with van der Waals surface area (Å²) in [6.45, 7) is 0. The van der Waals surface area contributed by atoms with E-state index in [4.69, 9.17) is 4.74 Å². The first-order chi connectivity index (χ1) is 18.4. The van der Waals surface area contributed by atoms with Gasteiger partial charge in [0.1, 0.15) is 5.54 Å². The van der Waals surface area contributed by atoms with E-state index < -0.39 is 41.2 Å². The number of carbonyl (C=O) groups is 3. The number of nitrogens with zero attached hydrogens (tertiary/aromatic N) is 1. The second-order valence-electron chi connectivity index (χ2n) is 9.68. The number of aromatic nitrogens is 1. The number of hydrogen-bond acceptors (Lipinski definition) is 6. The van der Waals surface area contributed by atoms with Crippen LogP contribution < -0.4 is 15.0 Å². The standard InChI is InChI=1S/C29H25N3O6/c1-38-21-13-7-11-19(25(21)33)24-22-23(27(35)32(26(22)34)17-8-3-2-4-9-17)29(31-24,28(36)37)14-16-15-30-20-12-6-5-10-18(16)20/h2-13,15,22-24,30-31,33H,14H2,1H3,(H,36,37)/t22-,23+,24-,29-/m0/s1. The van der Waals surface area contributed by atoms with Crippen molar-refractivity contribution in [1.82, 2.24) is 10.3 Å². The molecular formula is C29H25N3O6. The third-order valence-electron chi connectivity index (χ3n) is 7.78. The average Bonchev–Trinajstić information content (AvgIpc) is 3.57. The maximum Gasteiger partial charge on any atom is 0.325 e. The predicted molar refractivity (Wildman–Crippen MR) is 139 cm³/mol. The third-order valence-corrected chi connectivity index (χ3v) is 7.78. The molecule has 1 aromatic heterocycles. The minimum atomic E-state index is -1.83. The van der Waals surface area contributed by atoms with Gasteiger partial charge in [-0.1, -0.05) is 48.5 Å². The summed E-state index contributed by atoms with van der Waals surface area (Å²) in [7, 11) is 1.41. The Morgan fingerprint density at radius 3 is 2.47 bits per heavy atom. The maximum atomic E-state index is 14.0. The number of aromatic amines is 1. The van der Waals surface area contributed by atoms with Gasteiger partial charge in [-0.2, -0.15) is 0 Å². The number of hydrogen-bond donors (Lipinski definition) is 4. The summed E-state index contributed by atoms with van der Waals surface area (Å²) in [4.78, 5) is 45.3. The molecule has 0 unspecified atom stereocenters. The number of para-hydroxylation sites is 3. The summed E-state index contributed by atoms with van der Waals surface area (Å²) in [6.07, 6.45) is 1.68. The SMILES string of the molecule is COc1cccc([C@@H]2N[C@](Cc3c[nH]c4ccccc34)(C(=O)O)[C@H]3C(=O)N(c4ccccc4)C(=O)[C@H]23)c1O. The molecule has 9 heteroatoms. The Kier molecular flexibility index (Phi) is 5.46. The van der Waals surface area contributed by atoms with Crippen LogP contribution in [0.25, 0.3) is 10.9 Å².